The quantitative estimate of drug-likeness (QED) is 0.825. The zero-order chi connectivity index (χ0) is 13.1. The first kappa shape index (κ1) is 12.5. The molecular formula is C13H20N4O2. The number of nitrogens with zero attached hydrogens (tertiary/aromatic N) is 2. The summed E-state index contributed by atoms with van der Waals surface area (Å²) in [6.45, 7) is 2.37. The summed E-state index contributed by atoms with van der Waals surface area (Å²) in [6, 6.07) is 2.43. The summed E-state index contributed by atoms with van der Waals surface area (Å²) in [4.78, 5) is 11.9. The van der Waals surface area contributed by atoms with Gasteiger partial charge in [-0.15, -0.1) is 0 Å². The molecule has 1 aromatic rings. The SMILES string of the molecule is O=C(NC1CCOCC1)NC1CCn2nccc2C1. The van der Waals surface area contributed by atoms with Crippen molar-refractivity contribution in [2.45, 2.75) is 44.3 Å². The van der Waals surface area contributed by atoms with Gasteiger partial charge in [-0.2, -0.15) is 5.10 Å². The van der Waals surface area contributed by atoms with Gasteiger partial charge < -0.3 is 15.4 Å². The molecule has 0 saturated carbocycles. The highest BCUT2D eigenvalue weighted by Gasteiger charge is 2.22. The highest BCUT2D eigenvalue weighted by molar-refractivity contribution is 5.74. The molecule has 6 nitrogen and oxygen atoms in total. The minimum Gasteiger partial charge on any atom is -0.381 e. The summed E-state index contributed by atoms with van der Waals surface area (Å²) in [5.74, 6) is 0. The summed E-state index contributed by atoms with van der Waals surface area (Å²) >= 11 is 0. The standard InChI is InChI=1S/C13H20N4O2/c18-13(15-10-3-7-19-8-4-10)16-11-2-6-17-12(9-11)1-5-14-17/h1,5,10-11H,2-4,6-9H2,(H2,15,16,18). The normalized spacial score (nSPS) is 23.7. The number of rotatable bonds is 2. The van der Waals surface area contributed by atoms with E-state index in [1.165, 1.54) is 5.69 Å². The van der Waals surface area contributed by atoms with Crippen LogP contribution in [0.15, 0.2) is 12.3 Å². The van der Waals surface area contributed by atoms with E-state index in [0.29, 0.717) is 0 Å². The molecule has 104 valence electrons. The predicted octanol–water partition coefficient (Wildman–Crippen LogP) is 0.676. The van der Waals surface area contributed by atoms with E-state index in [1.54, 1.807) is 0 Å². The zero-order valence-electron chi connectivity index (χ0n) is 11.0. The van der Waals surface area contributed by atoms with Crippen LogP contribution in [0.2, 0.25) is 0 Å². The molecule has 0 aliphatic carbocycles. The third kappa shape index (κ3) is 3.07. The highest BCUT2D eigenvalue weighted by atomic mass is 16.5. The van der Waals surface area contributed by atoms with Crippen molar-refractivity contribution in [2.75, 3.05) is 13.2 Å². The van der Waals surface area contributed by atoms with E-state index in [0.717, 1.165) is 45.4 Å². The van der Waals surface area contributed by atoms with Gasteiger partial charge in [0.1, 0.15) is 0 Å². The van der Waals surface area contributed by atoms with Gasteiger partial charge in [0, 0.05) is 50.2 Å². The summed E-state index contributed by atoms with van der Waals surface area (Å²) in [5, 5.41) is 10.3. The fraction of sp³-hybridized carbons (Fsp3) is 0.692. The highest BCUT2D eigenvalue weighted by Crippen LogP contribution is 2.13. The lowest BCUT2D eigenvalue weighted by molar-refractivity contribution is 0.0799. The number of nitrogens with one attached hydrogen (secondary N) is 2. The van der Waals surface area contributed by atoms with Crippen molar-refractivity contribution >= 4 is 6.03 Å². The van der Waals surface area contributed by atoms with E-state index < -0.39 is 0 Å². The van der Waals surface area contributed by atoms with Crippen molar-refractivity contribution in [1.82, 2.24) is 20.4 Å². The zero-order valence-corrected chi connectivity index (χ0v) is 11.0. The van der Waals surface area contributed by atoms with E-state index in [-0.39, 0.29) is 18.1 Å². The molecule has 2 N–H and O–H groups in total. The van der Waals surface area contributed by atoms with Gasteiger partial charge in [0.25, 0.3) is 0 Å². The number of amides is 2. The number of hydrogen-bond acceptors (Lipinski definition) is 3. The minimum atomic E-state index is -0.0511. The first-order chi connectivity index (χ1) is 9.31. The van der Waals surface area contributed by atoms with Crippen molar-refractivity contribution < 1.29 is 9.53 Å². The van der Waals surface area contributed by atoms with E-state index in [4.69, 9.17) is 4.74 Å². The maximum absolute atomic E-state index is 11.9. The first-order valence-electron chi connectivity index (χ1n) is 6.97. The fourth-order valence-electron chi connectivity index (χ4n) is 2.75. The molecule has 3 rings (SSSR count). The van der Waals surface area contributed by atoms with Gasteiger partial charge in [-0.1, -0.05) is 0 Å². The average Bonchev–Trinajstić information content (AvgIpc) is 2.87. The summed E-state index contributed by atoms with van der Waals surface area (Å²) < 4.78 is 7.29. The Morgan fingerprint density at radius 3 is 2.89 bits per heavy atom. The Hall–Kier alpha value is -1.56. The fourth-order valence-corrected chi connectivity index (χ4v) is 2.75. The average molecular weight is 264 g/mol. The molecule has 6 heteroatoms. The lowest BCUT2D eigenvalue weighted by Crippen LogP contribution is -2.49. The molecule has 0 radical (unpaired) electrons. The number of aryl methyl sites for hydroxylation is 1. The molecule has 1 fully saturated rings. The van der Waals surface area contributed by atoms with Crippen molar-refractivity contribution in [3.8, 4) is 0 Å². The largest absolute Gasteiger partial charge is 0.381 e. The van der Waals surface area contributed by atoms with Crippen LogP contribution in [-0.4, -0.2) is 41.1 Å². The second-order valence-electron chi connectivity index (χ2n) is 5.24. The van der Waals surface area contributed by atoms with Crippen LogP contribution in [0.4, 0.5) is 4.79 Å². The molecule has 1 unspecified atom stereocenters. The van der Waals surface area contributed by atoms with Crippen molar-refractivity contribution in [3.05, 3.63) is 18.0 Å². The molecule has 3 heterocycles. The van der Waals surface area contributed by atoms with Gasteiger partial charge >= 0.3 is 6.03 Å². The maximum atomic E-state index is 11.9. The summed E-state index contributed by atoms with van der Waals surface area (Å²) in [6.07, 6.45) is 5.44. The maximum Gasteiger partial charge on any atom is 0.315 e. The smallest absolute Gasteiger partial charge is 0.315 e. The molecule has 2 amide bonds. The molecule has 1 aromatic heterocycles. The molecule has 1 atom stereocenters. The lowest BCUT2D eigenvalue weighted by atomic mass is 10.0. The Kier molecular flexibility index (Phi) is 3.68. The number of aromatic nitrogens is 2. The molecule has 0 spiro atoms. The van der Waals surface area contributed by atoms with E-state index in [9.17, 15) is 4.79 Å². The Bertz CT molecular complexity index is 440. The van der Waals surface area contributed by atoms with Crippen LogP contribution in [0.25, 0.3) is 0 Å². The van der Waals surface area contributed by atoms with E-state index in [1.807, 2.05) is 16.9 Å². The molecule has 2 aliphatic rings. The number of carbonyl (C=O) groups is 1. The number of ether oxygens (including phenoxy) is 1. The topological polar surface area (TPSA) is 68.2 Å². The molecule has 0 aromatic carbocycles. The van der Waals surface area contributed by atoms with Gasteiger partial charge in [0.15, 0.2) is 0 Å². The number of carbonyl (C=O) groups excluding carboxylic acids is 1. The van der Waals surface area contributed by atoms with Gasteiger partial charge in [-0.05, 0) is 25.3 Å². The number of urea groups is 1. The van der Waals surface area contributed by atoms with E-state index in [2.05, 4.69) is 15.7 Å². The molecule has 0 bridgehead atoms. The Labute approximate surface area is 112 Å². The van der Waals surface area contributed by atoms with Crippen molar-refractivity contribution in [2.24, 2.45) is 0 Å². The number of hydrogen-bond donors (Lipinski definition) is 2. The predicted molar refractivity (Wildman–Crippen MR) is 69.8 cm³/mol. The van der Waals surface area contributed by atoms with Gasteiger partial charge in [0.2, 0.25) is 0 Å². The Morgan fingerprint density at radius 1 is 1.26 bits per heavy atom. The van der Waals surface area contributed by atoms with Gasteiger partial charge in [-0.25, -0.2) is 4.79 Å². The van der Waals surface area contributed by atoms with Crippen molar-refractivity contribution in [1.29, 1.82) is 0 Å². The van der Waals surface area contributed by atoms with Crippen LogP contribution in [0.5, 0.6) is 0 Å². The Balaban J connectivity index is 1.47. The van der Waals surface area contributed by atoms with Crippen LogP contribution in [0.1, 0.15) is 25.0 Å². The third-order valence-electron chi connectivity index (χ3n) is 3.84. The van der Waals surface area contributed by atoms with E-state index >= 15 is 0 Å². The second-order valence-corrected chi connectivity index (χ2v) is 5.24. The van der Waals surface area contributed by atoms with Crippen LogP contribution in [0.3, 0.4) is 0 Å². The van der Waals surface area contributed by atoms with Crippen molar-refractivity contribution in [3.63, 3.8) is 0 Å². The van der Waals surface area contributed by atoms with Crippen LogP contribution in [0, 0.1) is 0 Å². The Morgan fingerprint density at radius 2 is 2.05 bits per heavy atom. The van der Waals surface area contributed by atoms with Gasteiger partial charge in [-0.3, -0.25) is 4.68 Å². The van der Waals surface area contributed by atoms with Crippen LogP contribution >= 0.6 is 0 Å². The minimum absolute atomic E-state index is 0.0511. The molecule has 2 aliphatic heterocycles. The second kappa shape index (κ2) is 5.61. The first-order valence-corrected chi connectivity index (χ1v) is 6.97. The summed E-state index contributed by atoms with van der Waals surface area (Å²) in [7, 11) is 0. The molecule has 1 saturated heterocycles. The summed E-state index contributed by atoms with van der Waals surface area (Å²) in [5.41, 5.74) is 1.20. The lowest BCUT2D eigenvalue weighted by Gasteiger charge is -2.27. The van der Waals surface area contributed by atoms with Gasteiger partial charge in [0.05, 0.1) is 0 Å². The third-order valence-corrected chi connectivity index (χ3v) is 3.84. The molecule has 19 heavy (non-hydrogen) atoms. The monoisotopic (exact) mass is 264 g/mol. The van der Waals surface area contributed by atoms with Crippen LogP contribution in [-0.2, 0) is 17.7 Å². The molecular weight excluding hydrogens is 244 g/mol. The van der Waals surface area contributed by atoms with Crippen LogP contribution < -0.4 is 10.6 Å². The number of fused-ring (bicyclic) bond motifs is 1.